The zero-order valence-corrected chi connectivity index (χ0v) is 19.4. The fourth-order valence-electron chi connectivity index (χ4n) is 4.19. The highest BCUT2D eigenvalue weighted by atomic mass is 31.2. The van der Waals surface area contributed by atoms with E-state index in [0.29, 0.717) is 11.5 Å². The number of rotatable bonds is 8. The molecule has 0 saturated carbocycles. The number of aromatic nitrogens is 5. The zero-order chi connectivity index (χ0) is 21.8. The van der Waals surface area contributed by atoms with E-state index in [2.05, 4.69) is 89.0 Å². The average Bonchev–Trinajstić information content (AvgIpc) is 3.30. The molecule has 0 unspecified atom stereocenters. The molecule has 162 valence electrons. The third kappa shape index (κ3) is 3.65. The van der Waals surface area contributed by atoms with Crippen LogP contribution in [-0.2, 0) is 0 Å². The molecule has 0 bridgehead atoms. The molecule has 0 spiro atoms. The first-order valence-electron chi connectivity index (χ1n) is 10.8. The Hall–Kier alpha value is -2.67. The van der Waals surface area contributed by atoms with Crippen molar-refractivity contribution in [3.63, 3.8) is 0 Å². The summed E-state index contributed by atoms with van der Waals surface area (Å²) in [4.78, 5) is 0. The molecule has 9 heteroatoms. The lowest BCUT2D eigenvalue weighted by atomic mass is 10.2. The Balaban J connectivity index is 2.15. The molecule has 0 N–H and O–H groups in total. The summed E-state index contributed by atoms with van der Waals surface area (Å²) in [5.41, 5.74) is 0.642. The van der Waals surface area contributed by atoms with Crippen molar-refractivity contribution in [1.29, 1.82) is 0 Å². The van der Waals surface area contributed by atoms with Gasteiger partial charge in [0.15, 0.2) is 5.82 Å². The van der Waals surface area contributed by atoms with Gasteiger partial charge in [0.05, 0.1) is 0 Å². The summed E-state index contributed by atoms with van der Waals surface area (Å²) in [6, 6.07) is 18.8. The Morgan fingerprint density at radius 2 is 1.39 bits per heavy atom. The molecular weight excluding hydrogens is 407 g/mol. The molecule has 0 radical (unpaired) electrons. The van der Waals surface area contributed by atoms with E-state index < -0.39 is 7.36 Å². The highest BCUT2D eigenvalue weighted by molar-refractivity contribution is 7.69. The third-order valence-corrected chi connectivity index (χ3v) is 9.81. The lowest BCUT2D eigenvalue weighted by molar-refractivity contribution is 0.421. The van der Waals surface area contributed by atoms with Crippen LogP contribution in [0.2, 0.25) is 0 Å². The molecule has 0 aliphatic carbocycles. The Morgan fingerprint density at radius 1 is 0.806 bits per heavy atom. The van der Waals surface area contributed by atoms with Crippen LogP contribution < -0.4 is 5.30 Å². The fourth-order valence-corrected chi connectivity index (χ4v) is 8.13. The molecule has 0 saturated heterocycles. The Labute approximate surface area is 183 Å². The van der Waals surface area contributed by atoms with Gasteiger partial charge in [-0.25, -0.2) is 4.74 Å². The molecule has 2 aromatic carbocycles. The molecule has 0 aliphatic rings. The van der Waals surface area contributed by atoms with Crippen molar-refractivity contribution in [2.24, 2.45) is 4.74 Å². The normalized spacial score (nSPS) is 12.3. The van der Waals surface area contributed by atoms with E-state index in [9.17, 15) is 0 Å². The van der Waals surface area contributed by atoms with Crippen molar-refractivity contribution in [2.75, 3.05) is 26.2 Å². The molecule has 0 aliphatic heterocycles. The molecule has 2 heterocycles. The molecule has 2 aromatic heterocycles. The van der Waals surface area contributed by atoms with E-state index in [-0.39, 0.29) is 0 Å². The van der Waals surface area contributed by atoms with Crippen LogP contribution in [-0.4, -0.2) is 60.8 Å². The SMILES string of the molecule is CCN(CC)P(=Nc1nn2nnnc2c2ccccc12)(c1ccccc1)N(CC)CC. The van der Waals surface area contributed by atoms with Gasteiger partial charge in [-0.3, -0.25) is 9.34 Å². The highest BCUT2D eigenvalue weighted by Crippen LogP contribution is 2.57. The van der Waals surface area contributed by atoms with E-state index in [0.717, 1.165) is 37.0 Å². The second-order valence-corrected chi connectivity index (χ2v) is 10.1. The topological polar surface area (TPSA) is 74.8 Å². The van der Waals surface area contributed by atoms with Crippen molar-refractivity contribution in [3.05, 3.63) is 54.6 Å². The molecule has 31 heavy (non-hydrogen) atoms. The fraction of sp³-hybridized carbons (Fsp3) is 0.364. The van der Waals surface area contributed by atoms with Crippen molar-refractivity contribution in [3.8, 4) is 0 Å². The summed E-state index contributed by atoms with van der Waals surface area (Å²) < 4.78 is 12.0. The van der Waals surface area contributed by atoms with Gasteiger partial charge in [0, 0.05) is 42.3 Å². The van der Waals surface area contributed by atoms with Gasteiger partial charge >= 0.3 is 0 Å². The first-order valence-corrected chi connectivity index (χ1v) is 12.5. The number of hydrogen-bond donors (Lipinski definition) is 0. The van der Waals surface area contributed by atoms with Gasteiger partial charge in [-0.2, -0.15) is 0 Å². The van der Waals surface area contributed by atoms with E-state index in [4.69, 9.17) is 9.84 Å². The van der Waals surface area contributed by atoms with Gasteiger partial charge in [0.2, 0.25) is 5.65 Å². The zero-order valence-electron chi connectivity index (χ0n) is 18.5. The van der Waals surface area contributed by atoms with Gasteiger partial charge in [-0.1, -0.05) is 82.3 Å². The largest absolute Gasteiger partial charge is 0.255 e. The molecular formula is C22H29N8P. The minimum Gasteiger partial charge on any atom is -0.255 e. The Kier molecular flexibility index (Phi) is 6.41. The summed E-state index contributed by atoms with van der Waals surface area (Å²) >= 11 is 0. The van der Waals surface area contributed by atoms with E-state index in [1.165, 1.54) is 9.93 Å². The lowest BCUT2D eigenvalue weighted by Gasteiger charge is -2.43. The first-order chi connectivity index (χ1) is 15.2. The Bertz CT molecular complexity index is 1200. The lowest BCUT2D eigenvalue weighted by Crippen LogP contribution is -2.37. The van der Waals surface area contributed by atoms with Crippen LogP contribution >= 0.6 is 7.36 Å². The van der Waals surface area contributed by atoms with E-state index >= 15 is 0 Å². The van der Waals surface area contributed by atoms with Gasteiger partial charge in [-0.15, -0.1) is 14.8 Å². The smallest absolute Gasteiger partial charge is 0.207 e. The van der Waals surface area contributed by atoms with Gasteiger partial charge in [0.25, 0.3) is 0 Å². The quantitative estimate of drug-likeness (QED) is 0.383. The molecule has 4 rings (SSSR count). The monoisotopic (exact) mass is 436 g/mol. The van der Waals surface area contributed by atoms with Crippen LogP contribution in [0.15, 0.2) is 59.3 Å². The predicted octanol–water partition coefficient (Wildman–Crippen LogP) is 4.34. The summed E-state index contributed by atoms with van der Waals surface area (Å²) in [7, 11) is -2.31. The minimum absolute atomic E-state index is 0.642. The summed E-state index contributed by atoms with van der Waals surface area (Å²) in [5, 5.41) is 20.0. The van der Waals surface area contributed by atoms with Crippen LogP contribution in [0.1, 0.15) is 27.7 Å². The van der Waals surface area contributed by atoms with Gasteiger partial charge in [-0.05, 0) is 10.4 Å². The number of tetrazole rings is 1. The molecule has 0 fully saturated rings. The number of hydrogen-bond acceptors (Lipinski definition) is 5. The van der Waals surface area contributed by atoms with Crippen LogP contribution in [0.4, 0.5) is 5.82 Å². The van der Waals surface area contributed by atoms with E-state index in [1.54, 1.807) is 0 Å². The van der Waals surface area contributed by atoms with Gasteiger partial charge < -0.3 is 0 Å². The van der Waals surface area contributed by atoms with Crippen LogP contribution in [0.5, 0.6) is 0 Å². The standard InChI is InChI=1S/C22H29N8P/c1-5-28(6-2)31(29(7-3)8-4,18-14-10-9-11-15-18)25-21-19-16-12-13-17-20(19)22-23-26-27-30(22)24-21/h9-17H,5-8H2,1-4H3. The maximum Gasteiger partial charge on any atom is 0.207 e. The maximum atomic E-state index is 5.54. The Morgan fingerprint density at radius 3 is 2.00 bits per heavy atom. The van der Waals surface area contributed by atoms with E-state index in [1.807, 2.05) is 18.2 Å². The highest BCUT2D eigenvalue weighted by Gasteiger charge is 2.34. The molecule has 4 aromatic rings. The number of benzene rings is 2. The molecule has 0 amide bonds. The second kappa shape index (κ2) is 9.22. The van der Waals surface area contributed by atoms with Crippen LogP contribution in [0.25, 0.3) is 16.4 Å². The summed E-state index contributed by atoms with van der Waals surface area (Å²) in [6.45, 7) is 12.4. The third-order valence-electron chi connectivity index (χ3n) is 5.64. The van der Waals surface area contributed by atoms with Crippen LogP contribution in [0, 0.1) is 0 Å². The van der Waals surface area contributed by atoms with Crippen LogP contribution in [0.3, 0.4) is 0 Å². The average molecular weight is 437 g/mol. The summed E-state index contributed by atoms with van der Waals surface area (Å²) in [5.74, 6) is 0.673. The minimum atomic E-state index is -2.31. The van der Waals surface area contributed by atoms with Crippen molar-refractivity contribution in [1.82, 2.24) is 34.6 Å². The van der Waals surface area contributed by atoms with Crippen molar-refractivity contribution >= 4 is 34.9 Å². The molecule has 8 nitrogen and oxygen atoms in total. The first kappa shape index (κ1) is 21.6. The number of nitrogens with zero attached hydrogens (tertiary/aromatic N) is 8. The van der Waals surface area contributed by atoms with Crippen molar-refractivity contribution in [2.45, 2.75) is 27.7 Å². The molecule has 0 atom stereocenters. The maximum absolute atomic E-state index is 5.54. The summed E-state index contributed by atoms with van der Waals surface area (Å²) in [6.07, 6.45) is 0. The van der Waals surface area contributed by atoms with Crippen molar-refractivity contribution < 1.29 is 0 Å². The second-order valence-electron chi connectivity index (χ2n) is 7.14. The predicted molar refractivity (Wildman–Crippen MR) is 127 cm³/mol. The van der Waals surface area contributed by atoms with Gasteiger partial charge in [0.1, 0.15) is 7.36 Å². The number of fused-ring (bicyclic) bond motifs is 3.